The molecule has 2 aromatic rings. The Balaban J connectivity index is 1.84. The first-order valence-electron chi connectivity index (χ1n) is 7.89. The van der Waals surface area contributed by atoms with Crippen LogP contribution in [0.1, 0.15) is 17.5 Å². The van der Waals surface area contributed by atoms with E-state index in [4.69, 9.17) is 9.15 Å². The van der Waals surface area contributed by atoms with E-state index in [-0.39, 0.29) is 29.4 Å². The summed E-state index contributed by atoms with van der Waals surface area (Å²) >= 11 is 0. The average Bonchev–Trinajstić information content (AvgIpc) is 2.89. The third kappa shape index (κ3) is 3.68. The van der Waals surface area contributed by atoms with Crippen molar-refractivity contribution < 1.29 is 22.4 Å². The Hall–Kier alpha value is -2.35. The van der Waals surface area contributed by atoms with Gasteiger partial charge >= 0.3 is 5.63 Å². The van der Waals surface area contributed by atoms with Crippen LogP contribution in [0, 0.1) is 6.92 Å². The van der Waals surface area contributed by atoms with Crippen molar-refractivity contribution in [2.24, 2.45) is 0 Å². The molecule has 1 aliphatic rings. The molecule has 0 unspecified atom stereocenters. The number of methoxy groups -OCH3 is 1. The van der Waals surface area contributed by atoms with Crippen LogP contribution in [-0.4, -0.2) is 39.0 Å². The fourth-order valence-electron chi connectivity index (χ4n) is 3.05. The van der Waals surface area contributed by atoms with Gasteiger partial charge in [0.15, 0.2) is 9.84 Å². The SMILES string of the molecule is COc1ccc2c(C)c(CC(=O)N[C@H]3CCS(=O)(=O)C3)c(=O)oc2c1. The average molecular weight is 365 g/mol. The summed E-state index contributed by atoms with van der Waals surface area (Å²) in [5.41, 5.74) is 0.763. The van der Waals surface area contributed by atoms with Crippen LogP contribution in [0.2, 0.25) is 0 Å². The van der Waals surface area contributed by atoms with Gasteiger partial charge in [0.1, 0.15) is 11.3 Å². The molecule has 3 rings (SSSR count). The number of carbonyl (C=O) groups is 1. The van der Waals surface area contributed by atoms with Gasteiger partial charge in [0.05, 0.1) is 30.6 Å². The summed E-state index contributed by atoms with van der Waals surface area (Å²) in [5, 5.41) is 3.41. The second-order valence-electron chi connectivity index (χ2n) is 6.20. The molecule has 134 valence electrons. The maximum atomic E-state index is 12.2. The molecule has 25 heavy (non-hydrogen) atoms. The Bertz CT molecular complexity index is 992. The Kier molecular flexibility index (Phi) is 4.55. The van der Waals surface area contributed by atoms with Crippen LogP contribution in [-0.2, 0) is 21.1 Å². The van der Waals surface area contributed by atoms with Gasteiger partial charge in [-0.2, -0.15) is 0 Å². The fraction of sp³-hybridized carbons (Fsp3) is 0.412. The topological polar surface area (TPSA) is 103 Å². The van der Waals surface area contributed by atoms with Crippen molar-refractivity contribution in [3.63, 3.8) is 0 Å². The van der Waals surface area contributed by atoms with E-state index >= 15 is 0 Å². The molecule has 0 bridgehead atoms. The van der Waals surface area contributed by atoms with Crippen molar-refractivity contribution in [1.82, 2.24) is 5.32 Å². The lowest BCUT2D eigenvalue weighted by Gasteiger charge is -2.12. The first kappa shape index (κ1) is 17.5. The van der Waals surface area contributed by atoms with Gasteiger partial charge in [-0.15, -0.1) is 0 Å². The highest BCUT2D eigenvalue weighted by atomic mass is 32.2. The Labute approximate surface area is 144 Å². The molecule has 8 heteroatoms. The highest BCUT2D eigenvalue weighted by Crippen LogP contribution is 2.24. The maximum absolute atomic E-state index is 12.2. The van der Waals surface area contributed by atoms with Gasteiger partial charge in [-0.1, -0.05) is 0 Å². The number of amides is 1. The first-order chi connectivity index (χ1) is 11.8. The van der Waals surface area contributed by atoms with Crippen LogP contribution >= 0.6 is 0 Å². The molecule has 0 radical (unpaired) electrons. The minimum Gasteiger partial charge on any atom is -0.497 e. The van der Waals surface area contributed by atoms with Gasteiger partial charge in [-0.25, -0.2) is 13.2 Å². The summed E-state index contributed by atoms with van der Waals surface area (Å²) in [5.74, 6) is 0.217. The summed E-state index contributed by atoms with van der Waals surface area (Å²) < 4.78 is 33.3. The van der Waals surface area contributed by atoms with Crippen LogP contribution in [0.15, 0.2) is 27.4 Å². The van der Waals surface area contributed by atoms with Gasteiger partial charge in [0.2, 0.25) is 5.91 Å². The van der Waals surface area contributed by atoms with E-state index in [0.29, 0.717) is 23.3 Å². The van der Waals surface area contributed by atoms with Crippen LogP contribution < -0.4 is 15.7 Å². The van der Waals surface area contributed by atoms with Crippen molar-refractivity contribution in [2.75, 3.05) is 18.6 Å². The van der Waals surface area contributed by atoms with E-state index in [9.17, 15) is 18.0 Å². The smallest absolute Gasteiger partial charge is 0.340 e. The van der Waals surface area contributed by atoms with Gasteiger partial charge in [-0.3, -0.25) is 4.79 Å². The van der Waals surface area contributed by atoms with E-state index < -0.39 is 21.5 Å². The fourth-order valence-corrected chi connectivity index (χ4v) is 4.73. The van der Waals surface area contributed by atoms with Gasteiger partial charge in [-0.05, 0) is 31.0 Å². The Morgan fingerprint density at radius 2 is 2.16 bits per heavy atom. The number of benzene rings is 1. The van der Waals surface area contributed by atoms with E-state index in [1.54, 1.807) is 25.1 Å². The highest BCUT2D eigenvalue weighted by molar-refractivity contribution is 7.91. The molecule has 1 aromatic carbocycles. The van der Waals surface area contributed by atoms with Crippen molar-refractivity contribution in [3.05, 3.63) is 39.7 Å². The Morgan fingerprint density at radius 1 is 1.40 bits per heavy atom. The van der Waals surface area contributed by atoms with E-state index in [2.05, 4.69) is 5.32 Å². The zero-order valence-electron chi connectivity index (χ0n) is 14.0. The lowest BCUT2D eigenvalue weighted by Crippen LogP contribution is -2.37. The number of hydrogen-bond donors (Lipinski definition) is 1. The molecule has 1 fully saturated rings. The van der Waals surface area contributed by atoms with Gasteiger partial charge < -0.3 is 14.5 Å². The molecule has 0 aliphatic carbocycles. The zero-order valence-corrected chi connectivity index (χ0v) is 14.8. The highest BCUT2D eigenvalue weighted by Gasteiger charge is 2.29. The Morgan fingerprint density at radius 3 is 2.80 bits per heavy atom. The molecule has 2 heterocycles. The lowest BCUT2D eigenvalue weighted by molar-refractivity contribution is -0.121. The normalized spacial score (nSPS) is 19.0. The molecule has 1 N–H and O–H groups in total. The van der Waals surface area contributed by atoms with Crippen molar-refractivity contribution in [2.45, 2.75) is 25.8 Å². The lowest BCUT2D eigenvalue weighted by atomic mass is 10.0. The van der Waals surface area contributed by atoms with Gasteiger partial charge in [0, 0.05) is 17.5 Å². The summed E-state index contributed by atoms with van der Waals surface area (Å²) in [4.78, 5) is 24.5. The molecule has 1 amide bonds. The third-order valence-corrected chi connectivity index (χ3v) is 6.20. The molecular formula is C17H19NO6S. The standard InChI is InChI=1S/C17H19NO6S/c1-10-13-4-3-12(23-2)7-15(13)24-17(20)14(10)8-16(19)18-11-5-6-25(21,22)9-11/h3-4,7,11H,5-6,8-9H2,1-2H3,(H,18,19)/t11-/m0/s1. The summed E-state index contributed by atoms with van der Waals surface area (Å²) in [7, 11) is -1.55. The van der Waals surface area contributed by atoms with Crippen molar-refractivity contribution in [3.8, 4) is 5.75 Å². The first-order valence-corrected chi connectivity index (χ1v) is 9.71. The summed E-state index contributed by atoms with van der Waals surface area (Å²) in [6.07, 6.45) is 0.256. The van der Waals surface area contributed by atoms with E-state index in [1.807, 2.05) is 0 Å². The predicted molar refractivity (Wildman–Crippen MR) is 92.7 cm³/mol. The molecule has 1 saturated heterocycles. The van der Waals surface area contributed by atoms with Crippen LogP contribution in [0.3, 0.4) is 0 Å². The molecule has 7 nitrogen and oxygen atoms in total. The van der Waals surface area contributed by atoms with E-state index in [1.165, 1.54) is 7.11 Å². The van der Waals surface area contributed by atoms with Crippen molar-refractivity contribution in [1.29, 1.82) is 0 Å². The number of ether oxygens (including phenoxy) is 1. The van der Waals surface area contributed by atoms with Gasteiger partial charge in [0.25, 0.3) is 0 Å². The third-order valence-electron chi connectivity index (χ3n) is 4.43. The number of rotatable bonds is 4. The quantitative estimate of drug-likeness (QED) is 0.810. The minimum atomic E-state index is -3.07. The summed E-state index contributed by atoms with van der Waals surface area (Å²) in [6.45, 7) is 1.76. The molecule has 1 atom stereocenters. The summed E-state index contributed by atoms with van der Waals surface area (Å²) in [6, 6.07) is 4.76. The monoisotopic (exact) mass is 365 g/mol. The molecule has 0 spiro atoms. The number of carbonyl (C=O) groups excluding carboxylic acids is 1. The molecule has 0 saturated carbocycles. The maximum Gasteiger partial charge on any atom is 0.340 e. The van der Waals surface area contributed by atoms with Crippen LogP contribution in [0.5, 0.6) is 5.75 Å². The molecular weight excluding hydrogens is 346 g/mol. The largest absolute Gasteiger partial charge is 0.497 e. The predicted octanol–water partition coefficient (Wildman–Crippen LogP) is 0.956. The van der Waals surface area contributed by atoms with Crippen molar-refractivity contribution >= 4 is 26.7 Å². The molecule has 1 aliphatic heterocycles. The van der Waals surface area contributed by atoms with Crippen LogP contribution in [0.4, 0.5) is 0 Å². The second kappa shape index (κ2) is 6.51. The number of fused-ring (bicyclic) bond motifs is 1. The van der Waals surface area contributed by atoms with Crippen LogP contribution in [0.25, 0.3) is 11.0 Å². The number of hydrogen-bond acceptors (Lipinski definition) is 6. The molecule has 1 aromatic heterocycles. The number of aryl methyl sites for hydroxylation is 1. The second-order valence-corrected chi connectivity index (χ2v) is 8.43. The number of nitrogens with one attached hydrogen (secondary N) is 1. The zero-order chi connectivity index (χ0) is 18.2. The minimum absolute atomic E-state index is 0.0517. The van der Waals surface area contributed by atoms with E-state index in [0.717, 1.165) is 5.39 Å². The number of sulfone groups is 1.